The van der Waals surface area contributed by atoms with Crippen LogP contribution in [-0.4, -0.2) is 29.1 Å². The molecule has 8 heteroatoms. The summed E-state index contributed by atoms with van der Waals surface area (Å²) in [5.41, 5.74) is 3.62. The first-order valence-electron chi connectivity index (χ1n) is 11.0. The lowest BCUT2D eigenvalue weighted by molar-refractivity contribution is -0.123. The number of fused-ring (bicyclic) bond motifs is 2. The molecule has 0 unspecified atom stereocenters. The topological polar surface area (TPSA) is 52.7 Å². The van der Waals surface area contributed by atoms with Crippen molar-refractivity contribution in [2.75, 3.05) is 17.2 Å². The van der Waals surface area contributed by atoms with Crippen LogP contribution in [0.25, 0.3) is 0 Å². The molecule has 5 rings (SSSR count). The van der Waals surface area contributed by atoms with Crippen LogP contribution in [0.3, 0.4) is 0 Å². The highest BCUT2D eigenvalue weighted by molar-refractivity contribution is 8.01. The lowest BCUT2D eigenvalue weighted by atomic mass is 10.1. The van der Waals surface area contributed by atoms with Gasteiger partial charge in [-0.3, -0.25) is 9.69 Å². The Labute approximate surface area is 200 Å². The molecule has 5 nitrogen and oxygen atoms in total. The zero-order chi connectivity index (χ0) is 23.9. The van der Waals surface area contributed by atoms with E-state index >= 15 is 0 Å². The first kappa shape index (κ1) is 22.4. The third-order valence-electron chi connectivity index (χ3n) is 6.16. The van der Waals surface area contributed by atoms with Gasteiger partial charge in [0.05, 0.1) is 12.2 Å². The molecule has 1 saturated heterocycles. The zero-order valence-corrected chi connectivity index (χ0v) is 19.4. The van der Waals surface area contributed by atoms with Gasteiger partial charge in [-0.15, -0.1) is 11.8 Å². The number of carbonyl (C=O) groups excluding carboxylic acids is 2. The van der Waals surface area contributed by atoms with Crippen molar-refractivity contribution < 1.29 is 18.4 Å². The molecule has 3 amide bonds. The SMILES string of the molecule is Cc1cccc(CNC(=O)N2CCS[C@]23C(=O)N(Cc2cccc(F)c2)c2ccc(F)cc23)c1. The van der Waals surface area contributed by atoms with Gasteiger partial charge in [-0.25, -0.2) is 13.6 Å². The summed E-state index contributed by atoms with van der Waals surface area (Å²) >= 11 is 1.32. The summed E-state index contributed by atoms with van der Waals surface area (Å²) in [5.74, 6) is -0.671. The first-order chi connectivity index (χ1) is 16.4. The molecule has 1 atom stereocenters. The standard InChI is InChI=1S/C26H23F2N3O2S/c1-17-4-2-5-18(12-17)15-29-25(33)31-10-11-34-26(31)22-14-21(28)8-9-23(22)30(24(26)32)16-19-6-3-7-20(27)13-19/h2-9,12-14H,10-11,15-16H2,1H3,(H,29,33)/t26-/m1/s1. The summed E-state index contributed by atoms with van der Waals surface area (Å²) in [6.45, 7) is 2.76. The van der Waals surface area contributed by atoms with Crippen LogP contribution in [0.15, 0.2) is 66.7 Å². The molecular formula is C26H23F2N3O2S. The van der Waals surface area contributed by atoms with Gasteiger partial charge < -0.3 is 10.2 Å². The molecule has 2 aliphatic heterocycles. The van der Waals surface area contributed by atoms with Crippen LogP contribution >= 0.6 is 11.8 Å². The molecule has 34 heavy (non-hydrogen) atoms. The largest absolute Gasteiger partial charge is 0.334 e. The normalized spacial score (nSPS) is 19.1. The molecule has 2 aliphatic rings. The Bertz CT molecular complexity index is 1280. The van der Waals surface area contributed by atoms with Crippen LogP contribution in [0.4, 0.5) is 19.3 Å². The van der Waals surface area contributed by atoms with Crippen LogP contribution in [0.5, 0.6) is 0 Å². The minimum absolute atomic E-state index is 0.121. The quantitative estimate of drug-likeness (QED) is 0.577. The highest BCUT2D eigenvalue weighted by atomic mass is 32.2. The Kier molecular flexibility index (Phi) is 5.77. The maximum absolute atomic E-state index is 14.4. The summed E-state index contributed by atoms with van der Waals surface area (Å²) in [4.78, 5) is 28.8. The van der Waals surface area contributed by atoms with Crippen molar-refractivity contribution in [1.29, 1.82) is 0 Å². The van der Waals surface area contributed by atoms with Crippen molar-refractivity contribution in [3.63, 3.8) is 0 Å². The van der Waals surface area contributed by atoms with Gasteiger partial charge in [-0.05, 0) is 48.4 Å². The number of aryl methyl sites for hydroxylation is 1. The van der Waals surface area contributed by atoms with Gasteiger partial charge in [0.15, 0.2) is 4.87 Å². The molecule has 1 fully saturated rings. The molecule has 3 aromatic carbocycles. The summed E-state index contributed by atoms with van der Waals surface area (Å²) in [7, 11) is 0. The Morgan fingerprint density at radius 1 is 1.03 bits per heavy atom. The number of hydrogen-bond acceptors (Lipinski definition) is 3. The summed E-state index contributed by atoms with van der Waals surface area (Å²) in [6.07, 6.45) is 0. The fraction of sp³-hybridized carbons (Fsp3) is 0.231. The molecule has 3 aromatic rings. The van der Waals surface area contributed by atoms with E-state index in [2.05, 4.69) is 5.32 Å². The van der Waals surface area contributed by atoms with E-state index in [-0.39, 0.29) is 18.5 Å². The van der Waals surface area contributed by atoms with E-state index in [1.165, 1.54) is 45.8 Å². The third-order valence-corrected chi connectivity index (χ3v) is 7.58. The van der Waals surface area contributed by atoms with Gasteiger partial charge in [0.2, 0.25) is 0 Å². The molecule has 1 N–H and O–H groups in total. The van der Waals surface area contributed by atoms with Crippen molar-refractivity contribution >= 4 is 29.4 Å². The fourth-order valence-electron chi connectivity index (χ4n) is 4.66. The van der Waals surface area contributed by atoms with Crippen molar-refractivity contribution in [2.24, 2.45) is 0 Å². The van der Waals surface area contributed by atoms with E-state index in [0.29, 0.717) is 35.7 Å². The molecule has 0 saturated carbocycles. The monoisotopic (exact) mass is 479 g/mol. The van der Waals surface area contributed by atoms with Crippen molar-refractivity contribution in [2.45, 2.75) is 24.9 Å². The average Bonchev–Trinajstić information content (AvgIpc) is 3.35. The van der Waals surface area contributed by atoms with Crippen LogP contribution < -0.4 is 10.2 Å². The van der Waals surface area contributed by atoms with E-state index < -0.39 is 16.5 Å². The zero-order valence-electron chi connectivity index (χ0n) is 18.6. The minimum atomic E-state index is -1.36. The molecule has 0 bridgehead atoms. The number of benzene rings is 3. The number of amides is 3. The number of carbonyl (C=O) groups is 2. The highest BCUT2D eigenvalue weighted by Gasteiger charge is 2.59. The Morgan fingerprint density at radius 3 is 2.59 bits per heavy atom. The second-order valence-electron chi connectivity index (χ2n) is 8.47. The van der Waals surface area contributed by atoms with Crippen LogP contribution in [0, 0.1) is 18.6 Å². The fourth-order valence-corrected chi connectivity index (χ4v) is 6.11. The number of nitrogens with zero attached hydrogens (tertiary/aromatic N) is 2. The van der Waals surface area contributed by atoms with Gasteiger partial charge in [0, 0.05) is 24.4 Å². The third kappa shape index (κ3) is 3.81. The molecule has 0 radical (unpaired) electrons. The van der Waals surface area contributed by atoms with Crippen LogP contribution in [0.2, 0.25) is 0 Å². The van der Waals surface area contributed by atoms with Gasteiger partial charge in [0.25, 0.3) is 5.91 Å². The number of halogens is 2. The number of rotatable bonds is 4. The average molecular weight is 480 g/mol. The van der Waals surface area contributed by atoms with Gasteiger partial charge in [0.1, 0.15) is 11.6 Å². The van der Waals surface area contributed by atoms with Gasteiger partial charge in [-0.2, -0.15) is 0 Å². The number of urea groups is 1. The highest BCUT2D eigenvalue weighted by Crippen LogP contribution is 2.54. The molecule has 174 valence electrons. The molecular weight excluding hydrogens is 456 g/mol. The minimum Gasteiger partial charge on any atom is -0.334 e. The van der Waals surface area contributed by atoms with Crippen LogP contribution in [-0.2, 0) is 22.8 Å². The molecule has 2 heterocycles. The van der Waals surface area contributed by atoms with Crippen LogP contribution in [0.1, 0.15) is 22.3 Å². The Morgan fingerprint density at radius 2 is 1.79 bits per heavy atom. The van der Waals surface area contributed by atoms with Crippen molar-refractivity contribution in [3.8, 4) is 0 Å². The number of hydrogen-bond donors (Lipinski definition) is 1. The lowest BCUT2D eigenvalue weighted by Crippen LogP contribution is -2.53. The van der Waals surface area contributed by atoms with Gasteiger partial charge >= 0.3 is 6.03 Å². The molecule has 0 aromatic heterocycles. The smallest absolute Gasteiger partial charge is 0.319 e. The predicted octanol–water partition coefficient (Wildman–Crippen LogP) is 4.93. The van der Waals surface area contributed by atoms with E-state index in [1.807, 2.05) is 31.2 Å². The van der Waals surface area contributed by atoms with Crippen molar-refractivity contribution in [3.05, 3.63) is 101 Å². The number of nitrogens with one attached hydrogen (secondary N) is 1. The van der Waals surface area contributed by atoms with Gasteiger partial charge in [-0.1, -0.05) is 42.0 Å². The molecule has 1 spiro atoms. The summed E-state index contributed by atoms with van der Waals surface area (Å²) < 4.78 is 28.1. The van der Waals surface area contributed by atoms with Crippen molar-refractivity contribution in [1.82, 2.24) is 10.2 Å². The lowest BCUT2D eigenvalue weighted by Gasteiger charge is -2.33. The molecule has 0 aliphatic carbocycles. The number of thioether (sulfide) groups is 1. The second-order valence-corrected chi connectivity index (χ2v) is 9.76. The summed E-state index contributed by atoms with van der Waals surface area (Å²) in [6, 6.07) is 17.6. The maximum Gasteiger partial charge on any atom is 0.319 e. The van der Waals surface area contributed by atoms with E-state index in [0.717, 1.165) is 11.1 Å². The Balaban J connectivity index is 1.47. The van der Waals surface area contributed by atoms with E-state index in [1.54, 1.807) is 18.2 Å². The second kappa shape index (κ2) is 8.76. The maximum atomic E-state index is 14.4. The summed E-state index contributed by atoms with van der Waals surface area (Å²) in [5, 5.41) is 2.92. The predicted molar refractivity (Wildman–Crippen MR) is 128 cm³/mol. The first-order valence-corrected chi connectivity index (χ1v) is 12.0. The van der Waals surface area contributed by atoms with E-state index in [9.17, 15) is 18.4 Å². The Hall–Kier alpha value is -3.39. The van der Waals surface area contributed by atoms with E-state index in [4.69, 9.17) is 0 Å². The number of anilines is 1.